The van der Waals surface area contributed by atoms with Gasteiger partial charge in [0.1, 0.15) is 5.82 Å². The van der Waals surface area contributed by atoms with Crippen LogP contribution in [0.4, 0.5) is 14.5 Å². The van der Waals surface area contributed by atoms with Crippen molar-refractivity contribution in [1.29, 1.82) is 0 Å². The van der Waals surface area contributed by atoms with Gasteiger partial charge < -0.3 is 10.0 Å². The van der Waals surface area contributed by atoms with Gasteiger partial charge in [-0.3, -0.25) is 9.59 Å². The van der Waals surface area contributed by atoms with Crippen LogP contribution in [0.5, 0.6) is 0 Å². The first-order valence-electron chi connectivity index (χ1n) is 5.52. The van der Waals surface area contributed by atoms with Gasteiger partial charge in [-0.2, -0.15) is 0 Å². The maximum atomic E-state index is 13.6. The molecule has 0 aliphatic carbocycles. The van der Waals surface area contributed by atoms with Crippen LogP contribution < -0.4 is 4.90 Å². The summed E-state index contributed by atoms with van der Waals surface area (Å²) in [4.78, 5) is 24.2. The highest BCUT2D eigenvalue weighted by Crippen LogP contribution is 2.32. The number of ketones is 1. The lowest BCUT2D eigenvalue weighted by atomic mass is 10.1. The highest BCUT2D eigenvalue weighted by Gasteiger charge is 2.38. The van der Waals surface area contributed by atoms with Crippen molar-refractivity contribution < 1.29 is 23.5 Å². The Morgan fingerprint density at radius 1 is 1.17 bits per heavy atom. The van der Waals surface area contributed by atoms with Gasteiger partial charge in [0, 0.05) is 19.2 Å². The Morgan fingerprint density at radius 3 is 2.56 bits per heavy atom. The van der Waals surface area contributed by atoms with Crippen LogP contribution in [0.15, 0.2) is 12.1 Å². The summed E-state index contributed by atoms with van der Waals surface area (Å²) in [6.07, 6.45) is 0.877. The van der Waals surface area contributed by atoms with Gasteiger partial charge in [0.05, 0.1) is 11.3 Å². The molecule has 0 spiro atoms. The van der Waals surface area contributed by atoms with Crippen LogP contribution in [0.1, 0.15) is 23.2 Å². The zero-order valence-corrected chi connectivity index (χ0v) is 9.45. The van der Waals surface area contributed by atoms with E-state index in [1.807, 2.05) is 0 Å². The van der Waals surface area contributed by atoms with Crippen molar-refractivity contribution in [3.8, 4) is 0 Å². The standard InChI is InChI=1S/C12H11F2NO3/c13-7-5-8-10(9(14)6-7)15(3-1-2-4-16)12(18)11(8)17/h5-6,16H,1-4H2. The summed E-state index contributed by atoms with van der Waals surface area (Å²) in [5.41, 5.74) is -0.397. The van der Waals surface area contributed by atoms with E-state index in [1.165, 1.54) is 0 Å². The number of carbonyl (C=O) groups excluding carboxylic acids is 2. The smallest absolute Gasteiger partial charge is 0.299 e. The summed E-state index contributed by atoms with van der Waals surface area (Å²) in [6.45, 7) is 0.0788. The molecule has 0 radical (unpaired) electrons. The molecular formula is C12H11F2NO3. The number of anilines is 1. The second kappa shape index (κ2) is 4.81. The molecule has 1 aromatic carbocycles. The van der Waals surface area contributed by atoms with Gasteiger partial charge in [-0.15, -0.1) is 0 Å². The van der Waals surface area contributed by atoms with Crippen LogP contribution in [0.2, 0.25) is 0 Å². The molecule has 1 heterocycles. The minimum atomic E-state index is -0.923. The number of nitrogens with zero attached hydrogens (tertiary/aromatic N) is 1. The van der Waals surface area contributed by atoms with Gasteiger partial charge >= 0.3 is 0 Å². The Morgan fingerprint density at radius 2 is 1.89 bits per heavy atom. The molecule has 1 aliphatic heterocycles. The molecule has 1 amide bonds. The summed E-state index contributed by atoms with van der Waals surface area (Å²) >= 11 is 0. The molecule has 0 aromatic heterocycles. The number of aliphatic hydroxyl groups excluding tert-OH is 1. The SMILES string of the molecule is O=C1C(=O)N(CCCCO)c2c(F)cc(F)cc21. The van der Waals surface area contributed by atoms with E-state index >= 15 is 0 Å². The number of carbonyl (C=O) groups is 2. The fourth-order valence-electron chi connectivity index (χ4n) is 1.95. The van der Waals surface area contributed by atoms with E-state index in [0.717, 1.165) is 11.0 Å². The number of halogens is 2. The van der Waals surface area contributed by atoms with Crippen LogP contribution >= 0.6 is 0 Å². The number of benzene rings is 1. The Kier molecular flexibility index (Phi) is 3.38. The number of fused-ring (bicyclic) bond motifs is 1. The van der Waals surface area contributed by atoms with E-state index in [-0.39, 0.29) is 24.4 Å². The van der Waals surface area contributed by atoms with Crippen molar-refractivity contribution in [3.05, 3.63) is 29.3 Å². The topological polar surface area (TPSA) is 57.6 Å². The highest BCUT2D eigenvalue weighted by molar-refractivity contribution is 6.52. The van der Waals surface area contributed by atoms with Crippen molar-refractivity contribution in [1.82, 2.24) is 0 Å². The van der Waals surface area contributed by atoms with Crippen molar-refractivity contribution in [2.45, 2.75) is 12.8 Å². The molecule has 4 nitrogen and oxygen atoms in total. The maximum absolute atomic E-state index is 13.6. The molecule has 0 unspecified atom stereocenters. The molecule has 0 bridgehead atoms. The summed E-state index contributed by atoms with van der Waals surface area (Å²) in [5.74, 6) is -3.56. The van der Waals surface area contributed by atoms with Crippen LogP contribution in [0.3, 0.4) is 0 Å². The summed E-state index contributed by atoms with van der Waals surface area (Å²) in [6, 6.07) is 1.51. The monoisotopic (exact) mass is 255 g/mol. The van der Waals surface area contributed by atoms with Gasteiger partial charge in [0.25, 0.3) is 11.7 Å². The molecule has 0 fully saturated rings. The van der Waals surface area contributed by atoms with Crippen molar-refractivity contribution in [3.63, 3.8) is 0 Å². The molecule has 1 aromatic rings. The van der Waals surface area contributed by atoms with E-state index in [0.29, 0.717) is 18.9 Å². The zero-order chi connectivity index (χ0) is 13.3. The number of amides is 1. The van der Waals surface area contributed by atoms with Gasteiger partial charge in [-0.1, -0.05) is 0 Å². The van der Waals surface area contributed by atoms with Crippen LogP contribution in [0, 0.1) is 11.6 Å². The van der Waals surface area contributed by atoms with E-state index in [1.54, 1.807) is 0 Å². The first kappa shape index (κ1) is 12.6. The third-order valence-electron chi connectivity index (χ3n) is 2.77. The maximum Gasteiger partial charge on any atom is 0.299 e. The van der Waals surface area contributed by atoms with Crippen molar-refractivity contribution >= 4 is 17.4 Å². The number of unbranched alkanes of at least 4 members (excludes halogenated alkanes) is 1. The molecule has 2 rings (SSSR count). The van der Waals surface area contributed by atoms with Crippen LogP contribution in [0.25, 0.3) is 0 Å². The summed E-state index contributed by atoms with van der Waals surface area (Å²) in [7, 11) is 0. The van der Waals surface area contributed by atoms with E-state index in [2.05, 4.69) is 0 Å². The largest absolute Gasteiger partial charge is 0.396 e. The molecule has 1 aliphatic rings. The molecular weight excluding hydrogens is 244 g/mol. The molecule has 0 saturated carbocycles. The predicted molar refractivity (Wildman–Crippen MR) is 59.4 cm³/mol. The van der Waals surface area contributed by atoms with Gasteiger partial charge in [-0.25, -0.2) is 8.78 Å². The number of hydrogen-bond acceptors (Lipinski definition) is 3. The van der Waals surface area contributed by atoms with Crippen molar-refractivity contribution in [2.75, 3.05) is 18.1 Å². The lowest BCUT2D eigenvalue weighted by Gasteiger charge is -2.16. The molecule has 96 valence electrons. The average molecular weight is 255 g/mol. The van der Waals surface area contributed by atoms with E-state index in [4.69, 9.17) is 5.11 Å². The minimum absolute atomic E-state index is 0.0469. The Bertz CT molecular complexity index is 516. The van der Waals surface area contributed by atoms with E-state index in [9.17, 15) is 18.4 Å². The molecule has 18 heavy (non-hydrogen) atoms. The number of aliphatic hydroxyl groups is 1. The Balaban J connectivity index is 2.36. The quantitative estimate of drug-likeness (QED) is 0.651. The first-order valence-corrected chi connectivity index (χ1v) is 5.52. The average Bonchev–Trinajstić information content (AvgIpc) is 2.55. The van der Waals surface area contributed by atoms with Crippen LogP contribution in [-0.2, 0) is 4.79 Å². The lowest BCUT2D eigenvalue weighted by molar-refractivity contribution is -0.114. The molecule has 0 atom stereocenters. The molecule has 1 N–H and O–H groups in total. The predicted octanol–water partition coefficient (Wildman–Crippen LogP) is 1.27. The third kappa shape index (κ3) is 1.99. The Labute approximate surface area is 102 Å². The summed E-state index contributed by atoms with van der Waals surface area (Å²) < 4.78 is 26.6. The van der Waals surface area contributed by atoms with Crippen LogP contribution in [-0.4, -0.2) is 29.9 Å². The second-order valence-corrected chi connectivity index (χ2v) is 4.00. The van der Waals surface area contributed by atoms with E-state index < -0.39 is 23.3 Å². The van der Waals surface area contributed by atoms with Crippen molar-refractivity contribution in [2.24, 2.45) is 0 Å². The number of Topliss-reactive ketones (excluding diaryl/α,β-unsaturated/α-hetero) is 1. The Hall–Kier alpha value is -1.82. The number of rotatable bonds is 4. The zero-order valence-electron chi connectivity index (χ0n) is 9.45. The second-order valence-electron chi connectivity index (χ2n) is 4.00. The van der Waals surface area contributed by atoms with Gasteiger partial charge in [0.2, 0.25) is 0 Å². The lowest BCUT2D eigenvalue weighted by Crippen LogP contribution is -2.31. The van der Waals surface area contributed by atoms with Gasteiger partial charge in [-0.05, 0) is 18.9 Å². The summed E-state index contributed by atoms with van der Waals surface area (Å²) in [5, 5.41) is 8.65. The van der Waals surface area contributed by atoms with Gasteiger partial charge in [0.15, 0.2) is 5.82 Å². The normalized spacial score (nSPS) is 14.3. The fraction of sp³-hybridized carbons (Fsp3) is 0.333. The third-order valence-corrected chi connectivity index (χ3v) is 2.77. The fourth-order valence-corrected chi connectivity index (χ4v) is 1.95. The minimum Gasteiger partial charge on any atom is -0.396 e. The molecule has 6 heteroatoms. The first-order chi connectivity index (χ1) is 8.56. The highest BCUT2D eigenvalue weighted by atomic mass is 19.1. The number of hydrogen-bond donors (Lipinski definition) is 1. The molecule has 0 saturated heterocycles.